The summed E-state index contributed by atoms with van der Waals surface area (Å²) in [4.78, 5) is 11.2. The second-order valence-corrected chi connectivity index (χ2v) is 4.09. The van der Waals surface area contributed by atoms with Crippen molar-refractivity contribution >= 4 is 5.91 Å². The summed E-state index contributed by atoms with van der Waals surface area (Å²) in [5.74, 6) is 2.22. The molecule has 0 aliphatic rings. The first-order valence-electron chi connectivity index (χ1n) is 5.91. The third-order valence-corrected chi connectivity index (χ3v) is 2.73. The lowest BCUT2D eigenvalue weighted by molar-refractivity contribution is -0.120. The molecule has 4 nitrogen and oxygen atoms in total. The van der Waals surface area contributed by atoms with Crippen LogP contribution in [-0.2, 0) is 17.6 Å². The first-order valence-corrected chi connectivity index (χ1v) is 5.91. The fourth-order valence-corrected chi connectivity index (χ4v) is 1.71. The van der Waals surface area contributed by atoms with Gasteiger partial charge in [0.2, 0.25) is 5.91 Å². The van der Waals surface area contributed by atoms with Crippen LogP contribution in [0.5, 0.6) is 0 Å². The summed E-state index contributed by atoms with van der Waals surface area (Å²) in [6, 6.07) is 7.59. The maximum atomic E-state index is 11.2. The van der Waals surface area contributed by atoms with E-state index in [0.717, 1.165) is 18.4 Å². The SMILES string of the molecule is C#CCCc1ccc(C[C@H](NCN)C(N)=O)cc1. The molecule has 1 rings (SSSR count). The summed E-state index contributed by atoms with van der Waals surface area (Å²) in [7, 11) is 0. The summed E-state index contributed by atoms with van der Waals surface area (Å²) in [5, 5.41) is 2.86. The summed E-state index contributed by atoms with van der Waals surface area (Å²) in [6.45, 7) is 0.230. The van der Waals surface area contributed by atoms with Crippen LogP contribution in [0.4, 0.5) is 0 Å². The molecule has 0 radical (unpaired) electrons. The van der Waals surface area contributed by atoms with E-state index in [2.05, 4.69) is 11.2 Å². The molecule has 1 aromatic carbocycles. The first-order chi connectivity index (χ1) is 8.67. The van der Waals surface area contributed by atoms with Crippen molar-refractivity contribution in [1.29, 1.82) is 0 Å². The molecule has 18 heavy (non-hydrogen) atoms. The van der Waals surface area contributed by atoms with Gasteiger partial charge < -0.3 is 11.5 Å². The van der Waals surface area contributed by atoms with Gasteiger partial charge in [0.05, 0.1) is 6.04 Å². The molecule has 0 aliphatic carbocycles. The van der Waals surface area contributed by atoms with Crippen LogP contribution in [0, 0.1) is 12.3 Å². The number of terminal acetylenes is 1. The van der Waals surface area contributed by atoms with Crippen LogP contribution in [0.25, 0.3) is 0 Å². The molecule has 96 valence electrons. The number of rotatable bonds is 7. The molecule has 0 saturated heterocycles. The number of amides is 1. The number of primary amides is 1. The zero-order valence-electron chi connectivity index (χ0n) is 10.4. The molecule has 0 bridgehead atoms. The van der Waals surface area contributed by atoms with Crippen molar-refractivity contribution in [3.05, 3.63) is 35.4 Å². The number of aryl methyl sites for hydroxylation is 1. The maximum Gasteiger partial charge on any atom is 0.234 e. The zero-order chi connectivity index (χ0) is 13.4. The minimum absolute atomic E-state index is 0.230. The van der Waals surface area contributed by atoms with Gasteiger partial charge in [-0.25, -0.2) is 0 Å². The van der Waals surface area contributed by atoms with E-state index in [1.165, 1.54) is 5.56 Å². The Bertz CT molecular complexity index is 420. The summed E-state index contributed by atoms with van der Waals surface area (Å²) < 4.78 is 0. The second kappa shape index (κ2) is 7.49. The van der Waals surface area contributed by atoms with Crippen molar-refractivity contribution in [2.24, 2.45) is 11.5 Å². The molecule has 0 heterocycles. The van der Waals surface area contributed by atoms with Crippen molar-refractivity contribution in [2.45, 2.75) is 25.3 Å². The largest absolute Gasteiger partial charge is 0.368 e. The van der Waals surface area contributed by atoms with Gasteiger partial charge in [0.15, 0.2) is 0 Å². The summed E-state index contributed by atoms with van der Waals surface area (Å²) in [6.07, 6.45) is 7.37. The van der Waals surface area contributed by atoms with Crippen molar-refractivity contribution in [2.75, 3.05) is 6.67 Å². The van der Waals surface area contributed by atoms with E-state index in [0.29, 0.717) is 6.42 Å². The standard InChI is InChI=1S/C14H19N3O/c1-2-3-4-11-5-7-12(8-6-11)9-13(14(16)18)17-10-15/h1,5-8,13,17H,3-4,9-10,15H2,(H2,16,18)/t13-/m0/s1. The topological polar surface area (TPSA) is 81.1 Å². The van der Waals surface area contributed by atoms with Gasteiger partial charge in [0.25, 0.3) is 0 Å². The van der Waals surface area contributed by atoms with Crippen molar-refractivity contribution in [3.8, 4) is 12.3 Å². The fraction of sp³-hybridized carbons (Fsp3) is 0.357. The number of carbonyl (C=O) groups excluding carboxylic acids is 1. The number of hydrogen-bond acceptors (Lipinski definition) is 3. The van der Waals surface area contributed by atoms with Crippen LogP contribution in [0.2, 0.25) is 0 Å². The average molecular weight is 245 g/mol. The minimum atomic E-state index is -0.424. The molecule has 0 aromatic heterocycles. The molecular formula is C14H19N3O. The third-order valence-electron chi connectivity index (χ3n) is 2.73. The predicted molar refractivity (Wildman–Crippen MR) is 72.5 cm³/mol. The van der Waals surface area contributed by atoms with Gasteiger partial charge in [-0.15, -0.1) is 12.3 Å². The predicted octanol–water partition coefficient (Wildman–Crippen LogP) is 0.155. The van der Waals surface area contributed by atoms with Crippen LogP contribution in [-0.4, -0.2) is 18.6 Å². The molecule has 0 saturated carbocycles. The molecule has 1 amide bonds. The molecule has 0 aliphatic heterocycles. The Morgan fingerprint density at radius 3 is 2.44 bits per heavy atom. The van der Waals surface area contributed by atoms with Gasteiger partial charge in [-0.3, -0.25) is 10.1 Å². The van der Waals surface area contributed by atoms with E-state index in [1.807, 2.05) is 24.3 Å². The van der Waals surface area contributed by atoms with Crippen LogP contribution in [0.1, 0.15) is 17.5 Å². The van der Waals surface area contributed by atoms with E-state index < -0.39 is 11.9 Å². The maximum absolute atomic E-state index is 11.2. The fourth-order valence-electron chi connectivity index (χ4n) is 1.71. The molecule has 5 N–H and O–H groups in total. The Morgan fingerprint density at radius 2 is 1.94 bits per heavy atom. The highest BCUT2D eigenvalue weighted by molar-refractivity contribution is 5.80. The Kier molecular flexibility index (Phi) is 5.92. The minimum Gasteiger partial charge on any atom is -0.368 e. The lowest BCUT2D eigenvalue weighted by atomic mass is 10.0. The Balaban J connectivity index is 2.61. The summed E-state index contributed by atoms with van der Waals surface area (Å²) in [5.41, 5.74) is 12.9. The second-order valence-electron chi connectivity index (χ2n) is 4.09. The quantitative estimate of drug-likeness (QED) is 0.472. The Labute approximate surface area is 108 Å². The molecule has 0 spiro atoms. The smallest absolute Gasteiger partial charge is 0.234 e. The van der Waals surface area contributed by atoms with Crippen LogP contribution in [0.3, 0.4) is 0 Å². The van der Waals surface area contributed by atoms with E-state index in [1.54, 1.807) is 0 Å². The number of nitrogens with one attached hydrogen (secondary N) is 1. The molecule has 0 unspecified atom stereocenters. The highest BCUT2D eigenvalue weighted by Crippen LogP contribution is 2.08. The molecular weight excluding hydrogens is 226 g/mol. The van der Waals surface area contributed by atoms with Gasteiger partial charge in [0, 0.05) is 13.1 Å². The first kappa shape index (κ1) is 14.2. The van der Waals surface area contributed by atoms with Gasteiger partial charge in [-0.1, -0.05) is 24.3 Å². The Morgan fingerprint density at radius 1 is 1.33 bits per heavy atom. The zero-order valence-corrected chi connectivity index (χ0v) is 10.4. The van der Waals surface area contributed by atoms with Crippen LogP contribution < -0.4 is 16.8 Å². The number of benzene rings is 1. The highest BCUT2D eigenvalue weighted by Gasteiger charge is 2.14. The van der Waals surface area contributed by atoms with Crippen molar-refractivity contribution < 1.29 is 4.79 Å². The van der Waals surface area contributed by atoms with Gasteiger partial charge in [-0.05, 0) is 24.0 Å². The molecule has 1 atom stereocenters. The van der Waals surface area contributed by atoms with E-state index in [-0.39, 0.29) is 6.67 Å². The Hall–Kier alpha value is -1.83. The van der Waals surface area contributed by atoms with Crippen LogP contribution >= 0.6 is 0 Å². The molecule has 0 fully saturated rings. The van der Waals surface area contributed by atoms with E-state index >= 15 is 0 Å². The highest BCUT2D eigenvalue weighted by atomic mass is 16.1. The van der Waals surface area contributed by atoms with Gasteiger partial charge in [-0.2, -0.15) is 0 Å². The normalized spacial score (nSPS) is 11.8. The van der Waals surface area contributed by atoms with E-state index in [4.69, 9.17) is 17.9 Å². The molecule has 4 heteroatoms. The number of hydrogen-bond donors (Lipinski definition) is 3. The summed E-state index contributed by atoms with van der Waals surface area (Å²) >= 11 is 0. The lowest BCUT2D eigenvalue weighted by Gasteiger charge is -2.14. The lowest BCUT2D eigenvalue weighted by Crippen LogP contribution is -2.45. The van der Waals surface area contributed by atoms with Gasteiger partial charge in [0.1, 0.15) is 0 Å². The number of carbonyl (C=O) groups is 1. The van der Waals surface area contributed by atoms with Crippen molar-refractivity contribution in [3.63, 3.8) is 0 Å². The molecule has 1 aromatic rings. The number of nitrogens with two attached hydrogens (primary N) is 2. The monoisotopic (exact) mass is 245 g/mol. The van der Waals surface area contributed by atoms with E-state index in [9.17, 15) is 4.79 Å². The third kappa shape index (κ3) is 4.58. The van der Waals surface area contributed by atoms with Crippen LogP contribution in [0.15, 0.2) is 24.3 Å². The average Bonchev–Trinajstić information content (AvgIpc) is 2.37. The van der Waals surface area contributed by atoms with Crippen molar-refractivity contribution in [1.82, 2.24) is 5.32 Å². The van der Waals surface area contributed by atoms with Gasteiger partial charge >= 0.3 is 0 Å².